The Hall–Kier alpha value is 0.674. The Kier molecular flexibility index (Phi) is 5.70. The van der Waals surface area contributed by atoms with Crippen molar-refractivity contribution < 1.29 is 32.7 Å². The Morgan fingerprint density at radius 2 is 1.70 bits per heavy atom. The molecule has 1 radical (unpaired) electrons. The minimum atomic E-state index is 0. The Bertz CT molecular complexity index is 181. The summed E-state index contributed by atoms with van der Waals surface area (Å²) in [7, 11) is 0. The summed E-state index contributed by atoms with van der Waals surface area (Å²) in [6, 6.07) is 8.31. The molecule has 0 aliphatic carbocycles. The summed E-state index contributed by atoms with van der Waals surface area (Å²) < 4.78 is 0. The number of hydrogen-bond acceptors (Lipinski definition) is 1. The van der Waals surface area contributed by atoms with E-state index in [1.165, 1.54) is 11.1 Å². The largest absolute Gasteiger partial charge is 0.788 e. The molecule has 0 aromatic heterocycles. The van der Waals surface area contributed by atoms with Crippen LogP contribution in [-0.2, 0) is 51.1 Å². The third-order valence-electron chi connectivity index (χ3n) is 1.29. The van der Waals surface area contributed by atoms with Crippen LogP contribution in [0.15, 0.2) is 24.3 Å². The van der Waals surface area contributed by atoms with Gasteiger partial charge in [-0.15, -0.1) is 0 Å². The van der Waals surface area contributed by atoms with Crippen LogP contribution in [-0.4, -0.2) is 0 Å². The molecule has 0 aliphatic rings. The van der Waals surface area contributed by atoms with Crippen LogP contribution in [0, 0.1) is 6.92 Å². The molecule has 0 saturated heterocycles. The van der Waals surface area contributed by atoms with Crippen LogP contribution in [0.5, 0.6) is 0 Å². The molecule has 10 heavy (non-hydrogen) atoms. The fraction of sp³-hybridized carbons (Fsp3) is 0.250. The second-order valence-electron chi connectivity index (χ2n) is 2.13. The maximum Gasteiger partial charge on any atom is 0 e. The normalized spacial score (nSPS) is 8.60. The second kappa shape index (κ2) is 5.34. The van der Waals surface area contributed by atoms with Crippen molar-refractivity contribution in [3.05, 3.63) is 35.4 Å². The van der Waals surface area contributed by atoms with Crippen molar-refractivity contribution in [2.45, 2.75) is 12.7 Å². The van der Waals surface area contributed by atoms with Crippen LogP contribution in [0.1, 0.15) is 11.1 Å². The van der Waals surface area contributed by atoms with Gasteiger partial charge in [-0.3, -0.25) is 0 Å². The molecule has 0 unspecified atom stereocenters. The van der Waals surface area contributed by atoms with E-state index in [1.807, 2.05) is 0 Å². The van der Waals surface area contributed by atoms with E-state index in [0.29, 0.717) is 0 Å². The maximum absolute atomic E-state index is 4.86. The van der Waals surface area contributed by atoms with Crippen LogP contribution in [0.3, 0.4) is 0 Å². The first-order chi connectivity index (χ1) is 4.33. The Morgan fingerprint density at radius 1 is 1.20 bits per heavy atom. The molecular formula is C8H9SY-. The van der Waals surface area contributed by atoms with Gasteiger partial charge in [0.05, 0.1) is 0 Å². The van der Waals surface area contributed by atoms with E-state index in [1.54, 1.807) is 0 Å². The number of aryl methyl sites for hydroxylation is 1. The summed E-state index contributed by atoms with van der Waals surface area (Å²) in [5.41, 5.74) is 2.53. The van der Waals surface area contributed by atoms with E-state index in [2.05, 4.69) is 31.2 Å². The maximum atomic E-state index is 4.86. The molecule has 0 fully saturated rings. The number of rotatable bonds is 1. The van der Waals surface area contributed by atoms with E-state index in [-0.39, 0.29) is 32.7 Å². The van der Waals surface area contributed by atoms with Gasteiger partial charge in [0.25, 0.3) is 0 Å². The summed E-state index contributed by atoms with van der Waals surface area (Å²) in [5, 5.41) is 0. The average Bonchev–Trinajstić information content (AvgIpc) is 1.90. The average molecular weight is 226 g/mol. The molecule has 0 N–H and O–H groups in total. The summed E-state index contributed by atoms with van der Waals surface area (Å²) in [6.07, 6.45) is 0. The van der Waals surface area contributed by atoms with Gasteiger partial charge in [0.2, 0.25) is 0 Å². The molecule has 0 aliphatic heterocycles. The first-order valence-corrected chi connectivity index (χ1v) is 3.54. The van der Waals surface area contributed by atoms with Crippen molar-refractivity contribution >= 4 is 12.6 Å². The monoisotopic (exact) mass is 226 g/mol. The minimum absolute atomic E-state index is 0. The molecule has 51 valence electrons. The third-order valence-corrected chi connectivity index (χ3v) is 1.62. The summed E-state index contributed by atoms with van der Waals surface area (Å²) >= 11 is 4.86. The van der Waals surface area contributed by atoms with Crippen molar-refractivity contribution in [2.75, 3.05) is 0 Å². The smallest absolute Gasteiger partial charge is 0 e. The fourth-order valence-electron chi connectivity index (χ4n) is 0.684. The predicted octanol–water partition coefficient (Wildman–Crippen LogP) is 2.04. The van der Waals surface area contributed by atoms with Crippen LogP contribution in [0.2, 0.25) is 0 Å². The SMILES string of the molecule is Cc1ccc(C[S-])cc1.[Y]. The fourth-order valence-corrected chi connectivity index (χ4v) is 0.877. The Labute approximate surface area is 92.7 Å². The summed E-state index contributed by atoms with van der Waals surface area (Å²) in [5.74, 6) is 0.722. The quantitative estimate of drug-likeness (QED) is 0.660. The summed E-state index contributed by atoms with van der Waals surface area (Å²) in [6.45, 7) is 2.08. The van der Waals surface area contributed by atoms with Gasteiger partial charge >= 0.3 is 0 Å². The number of hydrogen-bond donors (Lipinski definition) is 0. The van der Waals surface area contributed by atoms with Crippen molar-refractivity contribution in [1.29, 1.82) is 0 Å². The van der Waals surface area contributed by atoms with Gasteiger partial charge in [0, 0.05) is 32.7 Å². The van der Waals surface area contributed by atoms with Gasteiger partial charge in [0.15, 0.2) is 0 Å². The third kappa shape index (κ3) is 3.18. The Morgan fingerprint density at radius 3 is 2.10 bits per heavy atom. The van der Waals surface area contributed by atoms with E-state index in [9.17, 15) is 0 Å². The molecule has 2 heteroatoms. The minimum Gasteiger partial charge on any atom is -0.788 e. The van der Waals surface area contributed by atoms with Crippen LogP contribution in [0.4, 0.5) is 0 Å². The van der Waals surface area contributed by atoms with E-state index in [0.717, 1.165) is 5.75 Å². The van der Waals surface area contributed by atoms with Crippen molar-refractivity contribution in [2.24, 2.45) is 0 Å². The molecule has 0 atom stereocenters. The van der Waals surface area contributed by atoms with Gasteiger partial charge in [-0.1, -0.05) is 35.4 Å². The summed E-state index contributed by atoms with van der Waals surface area (Å²) in [4.78, 5) is 0. The molecule has 0 heterocycles. The van der Waals surface area contributed by atoms with Gasteiger partial charge in [0.1, 0.15) is 0 Å². The van der Waals surface area contributed by atoms with Crippen molar-refractivity contribution in [1.82, 2.24) is 0 Å². The topological polar surface area (TPSA) is 0 Å². The molecule has 1 aromatic rings. The molecule has 0 saturated carbocycles. The molecule has 1 aromatic carbocycles. The molecule has 1 rings (SSSR count). The van der Waals surface area contributed by atoms with Gasteiger partial charge < -0.3 is 12.6 Å². The Balaban J connectivity index is 0.000000810. The van der Waals surface area contributed by atoms with Gasteiger partial charge in [-0.2, -0.15) is 5.75 Å². The van der Waals surface area contributed by atoms with Gasteiger partial charge in [-0.25, -0.2) is 0 Å². The van der Waals surface area contributed by atoms with E-state index in [4.69, 9.17) is 12.6 Å². The van der Waals surface area contributed by atoms with Gasteiger partial charge in [-0.05, 0) is 6.92 Å². The van der Waals surface area contributed by atoms with Crippen LogP contribution < -0.4 is 0 Å². The zero-order chi connectivity index (χ0) is 6.69. The zero-order valence-corrected chi connectivity index (χ0v) is 9.66. The molecule has 0 bridgehead atoms. The molecule has 0 amide bonds. The van der Waals surface area contributed by atoms with Crippen LogP contribution >= 0.6 is 0 Å². The second-order valence-corrected chi connectivity index (χ2v) is 2.42. The van der Waals surface area contributed by atoms with Crippen molar-refractivity contribution in [3.8, 4) is 0 Å². The molecule has 0 spiro atoms. The van der Waals surface area contributed by atoms with E-state index < -0.39 is 0 Å². The standard InChI is InChI=1S/C8H10S.Y/c1-7-2-4-8(6-9)5-3-7;/h2-5,9H,6H2,1H3;/p-1. The van der Waals surface area contributed by atoms with Crippen molar-refractivity contribution in [3.63, 3.8) is 0 Å². The first kappa shape index (κ1) is 10.7. The number of benzene rings is 1. The van der Waals surface area contributed by atoms with E-state index >= 15 is 0 Å². The predicted molar refractivity (Wildman–Crippen MR) is 42.2 cm³/mol. The van der Waals surface area contributed by atoms with Crippen LogP contribution in [0.25, 0.3) is 0 Å². The molecule has 0 nitrogen and oxygen atoms in total. The molecular weight excluding hydrogens is 217 g/mol. The first-order valence-electron chi connectivity index (χ1n) is 2.96. The zero-order valence-electron chi connectivity index (χ0n) is 6.00.